The van der Waals surface area contributed by atoms with Crippen molar-refractivity contribution in [2.75, 3.05) is 64.9 Å². The molecule has 0 saturated carbocycles. The molecule has 6 heteroatoms. The number of nitrogens with one attached hydrogen (secondary N) is 1. The van der Waals surface area contributed by atoms with Crippen LogP contribution in [0.2, 0.25) is 0 Å². The Morgan fingerprint density at radius 2 is 1.83 bits per heavy atom. The third kappa shape index (κ3) is 5.32. The van der Waals surface area contributed by atoms with Gasteiger partial charge >= 0.3 is 6.03 Å². The van der Waals surface area contributed by atoms with Crippen molar-refractivity contribution < 1.29 is 9.53 Å². The topological polar surface area (TPSA) is 48.1 Å². The molecule has 0 aliphatic carbocycles. The molecule has 1 aromatic carbocycles. The van der Waals surface area contributed by atoms with Crippen LogP contribution in [0.25, 0.3) is 0 Å². The van der Waals surface area contributed by atoms with Crippen LogP contribution in [0.1, 0.15) is 6.92 Å². The minimum atomic E-state index is 0.0400. The molecule has 1 fully saturated rings. The highest BCUT2D eigenvalue weighted by Gasteiger charge is 2.20. The van der Waals surface area contributed by atoms with Gasteiger partial charge < -0.3 is 24.8 Å². The summed E-state index contributed by atoms with van der Waals surface area (Å²) in [5.74, 6) is 0.898. The van der Waals surface area contributed by atoms with Crippen molar-refractivity contribution in [1.29, 1.82) is 0 Å². The number of carbonyl (C=O) groups excluding carboxylic acids is 1. The molecule has 0 spiro atoms. The second kappa shape index (κ2) is 8.62. The summed E-state index contributed by atoms with van der Waals surface area (Å²) in [6.07, 6.45) is 0. The first kappa shape index (κ1) is 17.4. The van der Waals surface area contributed by atoms with E-state index in [0.29, 0.717) is 13.2 Å². The van der Waals surface area contributed by atoms with Crippen LogP contribution in [-0.2, 0) is 0 Å². The summed E-state index contributed by atoms with van der Waals surface area (Å²) in [5, 5.41) is 2.97. The van der Waals surface area contributed by atoms with Gasteiger partial charge in [-0.25, -0.2) is 4.79 Å². The highest BCUT2D eigenvalue weighted by atomic mass is 16.5. The van der Waals surface area contributed by atoms with E-state index < -0.39 is 0 Å². The summed E-state index contributed by atoms with van der Waals surface area (Å²) in [6.45, 7) is 7.42. The van der Waals surface area contributed by atoms with Crippen molar-refractivity contribution in [2.24, 2.45) is 0 Å². The van der Waals surface area contributed by atoms with Crippen LogP contribution < -0.4 is 15.0 Å². The molecule has 1 N–H and O–H groups in total. The molecule has 0 bridgehead atoms. The predicted octanol–water partition coefficient (Wildman–Crippen LogP) is 1.48. The van der Waals surface area contributed by atoms with Crippen LogP contribution >= 0.6 is 0 Å². The molecule has 0 atom stereocenters. The van der Waals surface area contributed by atoms with Gasteiger partial charge in [0.05, 0.1) is 6.61 Å². The molecular weight excluding hydrogens is 292 g/mol. The molecule has 1 saturated heterocycles. The molecule has 0 aromatic heterocycles. The summed E-state index contributed by atoms with van der Waals surface area (Å²) in [6, 6.07) is 8.20. The first-order valence-corrected chi connectivity index (χ1v) is 8.25. The first-order chi connectivity index (χ1) is 11.1. The molecule has 0 unspecified atom stereocenters. The van der Waals surface area contributed by atoms with Gasteiger partial charge in [0.1, 0.15) is 5.75 Å². The smallest absolute Gasteiger partial charge is 0.317 e. The van der Waals surface area contributed by atoms with Gasteiger partial charge in [-0.1, -0.05) is 0 Å². The second-order valence-corrected chi connectivity index (χ2v) is 5.94. The highest BCUT2D eigenvalue weighted by molar-refractivity contribution is 5.74. The van der Waals surface area contributed by atoms with Gasteiger partial charge in [-0.2, -0.15) is 0 Å². The fourth-order valence-electron chi connectivity index (χ4n) is 2.59. The van der Waals surface area contributed by atoms with Gasteiger partial charge in [-0.15, -0.1) is 0 Å². The lowest BCUT2D eigenvalue weighted by atomic mass is 10.2. The summed E-state index contributed by atoms with van der Waals surface area (Å²) in [4.78, 5) is 18.4. The molecule has 0 radical (unpaired) electrons. The van der Waals surface area contributed by atoms with E-state index in [1.54, 1.807) is 0 Å². The van der Waals surface area contributed by atoms with Crippen LogP contribution in [0.4, 0.5) is 10.5 Å². The molecule has 1 aromatic rings. The molecule has 6 nitrogen and oxygen atoms in total. The third-order valence-corrected chi connectivity index (χ3v) is 3.91. The van der Waals surface area contributed by atoms with Crippen LogP contribution in [0.5, 0.6) is 5.75 Å². The summed E-state index contributed by atoms with van der Waals surface area (Å²) in [5.41, 5.74) is 1.18. The molecule has 1 heterocycles. The summed E-state index contributed by atoms with van der Waals surface area (Å²) < 4.78 is 5.47. The Bertz CT molecular complexity index is 482. The van der Waals surface area contributed by atoms with E-state index in [4.69, 9.17) is 4.74 Å². The molecule has 1 aliphatic heterocycles. The van der Waals surface area contributed by atoms with E-state index in [-0.39, 0.29) is 6.03 Å². The van der Waals surface area contributed by atoms with Gasteiger partial charge in [0.25, 0.3) is 0 Å². The molecular formula is C17H28N4O2. The maximum atomic E-state index is 12.1. The zero-order chi connectivity index (χ0) is 16.7. The van der Waals surface area contributed by atoms with E-state index in [0.717, 1.165) is 38.5 Å². The molecule has 2 amide bonds. The minimum Gasteiger partial charge on any atom is -0.494 e. The number of piperazine rings is 1. The fourth-order valence-corrected chi connectivity index (χ4v) is 2.59. The van der Waals surface area contributed by atoms with Gasteiger partial charge in [0.15, 0.2) is 0 Å². The number of ether oxygens (including phenoxy) is 1. The lowest BCUT2D eigenvalue weighted by molar-refractivity contribution is 0.193. The van der Waals surface area contributed by atoms with E-state index >= 15 is 0 Å². The Balaban J connectivity index is 1.77. The SMILES string of the molecule is CCOc1ccc(N2CCN(C(=O)NCCN(C)C)CC2)cc1. The number of carbonyl (C=O) groups is 1. The number of hydrogen-bond donors (Lipinski definition) is 1. The lowest BCUT2D eigenvalue weighted by Gasteiger charge is -2.36. The van der Waals surface area contributed by atoms with E-state index in [1.807, 2.05) is 38.1 Å². The minimum absolute atomic E-state index is 0.0400. The normalized spacial score (nSPS) is 15.0. The summed E-state index contributed by atoms with van der Waals surface area (Å²) in [7, 11) is 4.00. The van der Waals surface area contributed by atoms with Crippen LogP contribution in [0.15, 0.2) is 24.3 Å². The number of likely N-dealkylation sites (N-methyl/N-ethyl adjacent to an activating group) is 1. The van der Waals surface area contributed by atoms with E-state index in [9.17, 15) is 4.79 Å². The Labute approximate surface area is 139 Å². The summed E-state index contributed by atoms with van der Waals surface area (Å²) >= 11 is 0. The Morgan fingerprint density at radius 1 is 1.17 bits per heavy atom. The van der Waals surface area contributed by atoms with Crippen LogP contribution in [0.3, 0.4) is 0 Å². The second-order valence-electron chi connectivity index (χ2n) is 5.94. The molecule has 2 rings (SSSR count). The Morgan fingerprint density at radius 3 is 2.39 bits per heavy atom. The monoisotopic (exact) mass is 320 g/mol. The van der Waals surface area contributed by atoms with Crippen LogP contribution in [-0.4, -0.2) is 75.8 Å². The molecule has 23 heavy (non-hydrogen) atoms. The molecule has 1 aliphatic rings. The standard InChI is InChI=1S/C17H28N4O2/c1-4-23-16-7-5-15(6-8-16)20-11-13-21(14-12-20)17(22)18-9-10-19(2)3/h5-8H,4,9-14H2,1-3H3,(H,18,22). The number of amides is 2. The number of anilines is 1. The van der Waals surface area contributed by atoms with Crippen molar-refractivity contribution >= 4 is 11.7 Å². The van der Waals surface area contributed by atoms with Crippen molar-refractivity contribution in [1.82, 2.24) is 15.1 Å². The largest absolute Gasteiger partial charge is 0.494 e. The van der Waals surface area contributed by atoms with Gasteiger partial charge in [-0.05, 0) is 45.3 Å². The first-order valence-electron chi connectivity index (χ1n) is 8.25. The quantitative estimate of drug-likeness (QED) is 0.862. The third-order valence-electron chi connectivity index (χ3n) is 3.91. The van der Waals surface area contributed by atoms with E-state index in [1.165, 1.54) is 5.69 Å². The predicted molar refractivity (Wildman–Crippen MR) is 93.3 cm³/mol. The van der Waals surface area contributed by atoms with Crippen LogP contribution in [0, 0.1) is 0 Å². The van der Waals surface area contributed by atoms with Gasteiger partial charge in [0, 0.05) is 45.0 Å². The number of nitrogens with zero attached hydrogens (tertiary/aromatic N) is 3. The van der Waals surface area contributed by atoms with Crippen molar-refractivity contribution in [2.45, 2.75) is 6.92 Å². The van der Waals surface area contributed by atoms with Crippen molar-refractivity contribution in [3.8, 4) is 5.75 Å². The number of hydrogen-bond acceptors (Lipinski definition) is 4. The van der Waals surface area contributed by atoms with E-state index in [2.05, 4.69) is 27.2 Å². The Kier molecular flexibility index (Phi) is 6.52. The fraction of sp³-hybridized carbons (Fsp3) is 0.588. The highest BCUT2D eigenvalue weighted by Crippen LogP contribution is 2.20. The maximum Gasteiger partial charge on any atom is 0.317 e. The lowest BCUT2D eigenvalue weighted by Crippen LogP contribution is -2.52. The van der Waals surface area contributed by atoms with Crippen molar-refractivity contribution in [3.63, 3.8) is 0 Å². The van der Waals surface area contributed by atoms with Gasteiger partial charge in [-0.3, -0.25) is 0 Å². The maximum absolute atomic E-state index is 12.1. The number of urea groups is 1. The number of benzene rings is 1. The number of rotatable bonds is 6. The average Bonchev–Trinajstić information content (AvgIpc) is 2.55. The zero-order valence-corrected chi connectivity index (χ0v) is 14.4. The zero-order valence-electron chi connectivity index (χ0n) is 14.4. The van der Waals surface area contributed by atoms with Crippen molar-refractivity contribution in [3.05, 3.63) is 24.3 Å². The molecule has 128 valence electrons. The Hall–Kier alpha value is -1.95. The average molecular weight is 320 g/mol. The van der Waals surface area contributed by atoms with Gasteiger partial charge in [0.2, 0.25) is 0 Å².